The van der Waals surface area contributed by atoms with Crippen LogP contribution in [0.15, 0.2) is 30.3 Å². The van der Waals surface area contributed by atoms with Crippen LogP contribution in [0.25, 0.3) is 0 Å². The molecule has 6 nitrogen and oxygen atoms in total. The zero-order valence-electron chi connectivity index (χ0n) is 14.1. The first-order chi connectivity index (χ1) is 11.4. The van der Waals surface area contributed by atoms with Crippen molar-refractivity contribution in [2.75, 3.05) is 26.7 Å². The van der Waals surface area contributed by atoms with Crippen LogP contribution < -0.4 is 0 Å². The van der Waals surface area contributed by atoms with Crippen molar-refractivity contribution in [3.05, 3.63) is 35.9 Å². The molecule has 1 aromatic rings. The third kappa shape index (κ3) is 4.34. The van der Waals surface area contributed by atoms with Crippen LogP contribution in [0.2, 0.25) is 0 Å². The molecule has 0 spiro atoms. The standard InChI is InChI=1S/C18H24N2O4/c1-13(14-7-4-3-5-8-14)17(22)19(2)12-16(21)20-10-6-9-15(11-20)18(23)24/h3-5,7-8,13,15H,6,9-12H2,1-2H3,(H,23,24). The molecule has 0 saturated carbocycles. The molecule has 2 amide bonds. The number of hydrogen-bond donors (Lipinski definition) is 1. The van der Waals surface area contributed by atoms with E-state index < -0.39 is 11.9 Å². The van der Waals surface area contributed by atoms with E-state index in [4.69, 9.17) is 5.11 Å². The van der Waals surface area contributed by atoms with Gasteiger partial charge in [0.2, 0.25) is 11.8 Å². The molecule has 2 unspecified atom stereocenters. The first-order valence-corrected chi connectivity index (χ1v) is 8.20. The fourth-order valence-corrected chi connectivity index (χ4v) is 3.00. The number of carboxylic acids is 1. The Morgan fingerprint density at radius 2 is 1.96 bits per heavy atom. The van der Waals surface area contributed by atoms with E-state index in [-0.39, 0.29) is 30.8 Å². The van der Waals surface area contributed by atoms with Crippen LogP contribution in [0.3, 0.4) is 0 Å². The lowest BCUT2D eigenvalue weighted by Gasteiger charge is -2.32. The zero-order valence-corrected chi connectivity index (χ0v) is 14.1. The van der Waals surface area contributed by atoms with Gasteiger partial charge in [0, 0.05) is 20.1 Å². The molecule has 1 aliphatic rings. The van der Waals surface area contributed by atoms with Gasteiger partial charge >= 0.3 is 5.97 Å². The van der Waals surface area contributed by atoms with E-state index in [1.54, 1.807) is 11.9 Å². The average Bonchev–Trinajstić information content (AvgIpc) is 2.61. The van der Waals surface area contributed by atoms with Gasteiger partial charge in [-0.25, -0.2) is 0 Å². The van der Waals surface area contributed by atoms with Crippen LogP contribution in [-0.4, -0.2) is 59.4 Å². The van der Waals surface area contributed by atoms with Crippen LogP contribution in [0.1, 0.15) is 31.2 Å². The minimum atomic E-state index is -0.866. The lowest BCUT2D eigenvalue weighted by molar-refractivity contribution is -0.147. The van der Waals surface area contributed by atoms with Crippen molar-refractivity contribution in [3.8, 4) is 0 Å². The molecular weight excluding hydrogens is 308 g/mol. The van der Waals surface area contributed by atoms with Crippen LogP contribution in [0, 0.1) is 5.92 Å². The third-order valence-corrected chi connectivity index (χ3v) is 4.54. The first-order valence-electron chi connectivity index (χ1n) is 8.20. The Balaban J connectivity index is 1.93. The molecular formula is C18H24N2O4. The number of piperidine rings is 1. The number of rotatable bonds is 5. The Morgan fingerprint density at radius 3 is 2.58 bits per heavy atom. The van der Waals surface area contributed by atoms with E-state index in [2.05, 4.69) is 0 Å². The number of nitrogens with zero attached hydrogens (tertiary/aromatic N) is 2. The maximum absolute atomic E-state index is 12.5. The summed E-state index contributed by atoms with van der Waals surface area (Å²) >= 11 is 0. The highest BCUT2D eigenvalue weighted by Crippen LogP contribution is 2.19. The number of likely N-dealkylation sites (N-methyl/N-ethyl adjacent to an activating group) is 1. The second-order valence-corrected chi connectivity index (χ2v) is 6.34. The Morgan fingerprint density at radius 1 is 1.29 bits per heavy atom. The summed E-state index contributed by atoms with van der Waals surface area (Å²) in [4.78, 5) is 38.9. The highest BCUT2D eigenvalue weighted by Gasteiger charge is 2.29. The molecule has 1 aromatic carbocycles. The van der Waals surface area contributed by atoms with Gasteiger partial charge in [-0.15, -0.1) is 0 Å². The summed E-state index contributed by atoms with van der Waals surface area (Å²) in [6, 6.07) is 9.43. The maximum Gasteiger partial charge on any atom is 0.308 e. The number of hydrogen-bond acceptors (Lipinski definition) is 3. The van der Waals surface area contributed by atoms with E-state index in [0.29, 0.717) is 19.4 Å². The third-order valence-electron chi connectivity index (χ3n) is 4.54. The summed E-state index contributed by atoms with van der Waals surface area (Å²) in [6.45, 7) is 2.58. The van der Waals surface area contributed by atoms with Crippen LogP contribution in [-0.2, 0) is 14.4 Å². The predicted octanol–water partition coefficient (Wildman–Crippen LogP) is 1.57. The van der Waals surface area contributed by atoms with E-state index >= 15 is 0 Å². The van der Waals surface area contributed by atoms with Crippen molar-refractivity contribution in [2.24, 2.45) is 5.92 Å². The van der Waals surface area contributed by atoms with Gasteiger partial charge in [0.15, 0.2) is 0 Å². The lowest BCUT2D eigenvalue weighted by atomic mass is 9.98. The quantitative estimate of drug-likeness (QED) is 0.888. The summed E-state index contributed by atoms with van der Waals surface area (Å²) in [7, 11) is 1.61. The second-order valence-electron chi connectivity index (χ2n) is 6.34. The van der Waals surface area contributed by atoms with Crippen molar-refractivity contribution >= 4 is 17.8 Å². The van der Waals surface area contributed by atoms with E-state index in [1.807, 2.05) is 37.3 Å². The summed E-state index contributed by atoms with van der Waals surface area (Å²) in [5, 5.41) is 9.10. The van der Waals surface area contributed by atoms with Crippen molar-refractivity contribution in [1.82, 2.24) is 9.80 Å². The summed E-state index contributed by atoms with van der Waals surface area (Å²) in [5.41, 5.74) is 0.908. The van der Waals surface area contributed by atoms with E-state index in [0.717, 1.165) is 5.56 Å². The molecule has 0 aromatic heterocycles. The summed E-state index contributed by atoms with van der Waals surface area (Å²) < 4.78 is 0. The molecule has 6 heteroatoms. The zero-order chi connectivity index (χ0) is 17.7. The lowest BCUT2D eigenvalue weighted by Crippen LogP contribution is -2.47. The van der Waals surface area contributed by atoms with E-state index in [1.165, 1.54) is 4.90 Å². The van der Waals surface area contributed by atoms with Gasteiger partial charge < -0.3 is 14.9 Å². The molecule has 1 saturated heterocycles. The number of carbonyl (C=O) groups is 3. The molecule has 1 aliphatic heterocycles. The van der Waals surface area contributed by atoms with Crippen LogP contribution in [0.4, 0.5) is 0 Å². The topological polar surface area (TPSA) is 77.9 Å². The van der Waals surface area contributed by atoms with Crippen molar-refractivity contribution < 1.29 is 19.5 Å². The SMILES string of the molecule is CC(C(=O)N(C)CC(=O)N1CCCC(C(=O)O)C1)c1ccccc1. The maximum atomic E-state index is 12.5. The molecule has 24 heavy (non-hydrogen) atoms. The van der Waals surface area contributed by atoms with Gasteiger partial charge in [-0.05, 0) is 25.3 Å². The molecule has 1 N–H and O–H groups in total. The molecule has 2 rings (SSSR count). The Labute approximate surface area is 142 Å². The minimum absolute atomic E-state index is 0.0255. The normalized spacial score (nSPS) is 18.8. The molecule has 0 aliphatic carbocycles. The van der Waals surface area contributed by atoms with Gasteiger partial charge in [0.1, 0.15) is 0 Å². The first kappa shape index (κ1) is 18.0. The fraction of sp³-hybridized carbons (Fsp3) is 0.500. The fourth-order valence-electron chi connectivity index (χ4n) is 3.00. The van der Waals surface area contributed by atoms with Crippen molar-refractivity contribution in [3.63, 3.8) is 0 Å². The monoisotopic (exact) mass is 332 g/mol. The van der Waals surface area contributed by atoms with Gasteiger partial charge in [-0.2, -0.15) is 0 Å². The minimum Gasteiger partial charge on any atom is -0.481 e. The van der Waals surface area contributed by atoms with Gasteiger partial charge in [-0.1, -0.05) is 30.3 Å². The number of aliphatic carboxylic acids is 1. The van der Waals surface area contributed by atoms with Crippen LogP contribution in [0.5, 0.6) is 0 Å². The largest absolute Gasteiger partial charge is 0.481 e. The predicted molar refractivity (Wildman–Crippen MR) is 89.4 cm³/mol. The van der Waals surface area contributed by atoms with E-state index in [9.17, 15) is 14.4 Å². The number of carboxylic acid groups (broad SMARTS) is 1. The number of amides is 2. The molecule has 0 bridgehead atoms. The van der Waals surface area contributed by atoms with Gasteiger partial charge in [0.25, 0.3) is 0 Å². The highest BCUT2D eigenvalue weighted by molar-refractivity contribution is 5.88. The Kier molecular flexibility index (Phi) is 5.95. The Hall–Kier alpha value is -2.37. The Bertz CT molecular complexity index is 602. The molecule has 0 radical (unpaired) electrons. The summed E-state index contributed by atoms with van der Waals surface area (Å²) in [6.07, 6.45) is 1.28. The van der Waals surface area contributed by atoms with Crippen molar-refractivity contribution in [1.29, 1.82) is 0 Å². The highest BCUT2D eigenvalue weighted by atomic mass is 16.4. The number of benzene rings is 1. The van der Waals surface area contributed by atoms with Gasteiger partial charge in [0.05, 0.1) is 18.4 Å². The van der Waals surface area contributed by atoms with Crippen LogP contribution >= 0.6 is 0 Å². The average molecular weight is 332 g/mol. The molecule has 1 fully saturated rings. The van der Waals surface area contributed by atoms with Gasteiger partial charge in [-0.3, -0.25) is 14.4 Å². The molecule has 1 heterocycles. The molecule has 130 valence electrons. The smallest absolute Gasteiger partial charge is 0.308 e. The molecule has 2 atom stereocenters. The second kappa shape index (κ2) is 7.95. The number of carbonyl (C=O) groups excluding carboxylic acids is 2. The summed E-state index contributed by atoms with van der Waals surface area (Å²) in [5.74, 6) is -2.02. The number of likely N-dealkylation sites (tertiary alicyclic amines) is 1. The van der Waals surface area contributed by atoms with Crippen molar-refractivity contribution in [2.45, 2.75) is 25.7 Å².